The van der Waals surface area contributed by atoms with Crippen LogP contribution in [0.15, 0.2) is 36.4 Å². The Morgan fingerprint density at radius 3 is 2.00 bits per heavy atom. The van der Waals surface area contributed by atoms with Gasteiger partial charge in [0, 0.05) is 24.0 Å². The summed E-state index contributed by atoms with van der Waals surface area (Å²) in [5.74, 6) is -1.05. The van der Waals surface area contributed by atoms with Gasteiger partial charge in [0.15, 0.2) is 0 Å². The molecule has 0 bridgehead atoms. The minimum atomic E-state index is -0.525. The van der Waals surface area contributed by atoms with Crippen molar-refractivity contribution in [2.24, 2.45) is 11.5 Å². The molecule has 0 spiro atoms. The van der Waals surface area contributed by atoms with E-state index in [1.54, 1.807) is 0 Å². The van der Waals surface area contributed by atoms with Gasteiger partial charge >= 0.3 is 0 Å². The molecular weight excluding hydrogens is 252 g/mol. The first kappa shape index (κ1) is 15.7. The predicted molar refractivity (Wildman–Crippen MR) is 80.0 cm³/mol. The summed E-state index contributed by atoms with van der Waals surface area (Å²) in [4.78, 5) is 22.3. The molecule has 0 aliphatic rings. The lowest BCUT2D eigenvalue weighted by Gasteiger charge is -2.15. The summed E-state index contributed by atoms with van der Waals surface area (Å²) in [6.45, 7) is 11.3. The minimum absolute atomic E-state index is 0.333. The maximum Gasteiger partial charge on any atom is 0.244 e. The molecule has 0 aliphatic heterocycles. The Balaban J connectivity index is 3.21. The SMILES string of the molecule is C=C(Cc1ccc(C)c(C)c1CC(=C)C(N)=O)C(N)=O. The summed E-state index contributed by atoms with van der Waals surface area (Å²) in [5, 5.41) is 0. The Morgan fingerprint density at radius 2 is 1.50 bits per heavy atom. The number of benzene rings is 1. The fourth-order valence-electron chi connectivity index (χ4n) is 1.96. The molecule has 0 unspecified atom stereocenters. The van der Waals surface area contributed by atoms with Gasteiger partial charge in [-0.3, -0.25) is 9.59 Å². The number of rotatable bonds is 6. The Bertz CT molecular complexity index is 601. The van der Waals surface area contributed by atoms with E-state index in [4.69, 9.17) is 11.5 Å². The van der Waals surface area contributed by atoms with Crippen LogP contribution in [0.5, 0.6) is 0 Å². The number of aryl methyl sites for hydroxylation is 1. The van der Waals surface area contributed by atoms with Crippen molar-refractivity contribution in [3.63, 3.8) is 0 Å². The van der Waals surface area contributed by atoms with Gasteiger partial charge in [-0.1, -0.05) is 25.3 Å². The highest BCUT2D eigenvalue weighted by Gasteiger charge is 2.14. The highest BCUT2D eigenvalue weighted by Crippen LogP contribution is 2.23. The van der Waals surface area contributed by atoms with Crippen molar-refractivity contribution in [2.45, 2.75) is 26.7 Å². The highest BCUT2D eigenvalue weighted by molar-refractivity contribution is 5.92. The monoisotopic (exact) mass is 272 g/mol. The van der Waals surface area contributed by atoms with E-state index in [0.717, 1.165) is 22.3 Å². The minimum Gasteiger partial charge on any atom is -0.366 e. The third kappa shape index (κ3) is 3.57. The van der Waals surface area contributed by atoms with Crippen LogP contribution in [-0.4, -0.2) is 11.8 Å². The fourth-order valence-corrected chi connectivity index (χ4v) is 1.96. The zero-order valence-electron chi connectivity index (χ0n) is 12.0. The van der Waals surface area contributed by atoms with Crippen LogP contribution in [0, 0.1) is 13.8 Å². The third-order valence-electron chi connectivity index (χ3n) is 3.46. The van der Waals surface area contributed by atoms with Gasteiger partial charge < -0.3 is 11.5 Å². The van der Waals surface area contributed by atoms with E-state index in [0.29, 0.717) is 24.0 Å². The molecule has 2 amide bonds. The molecule has 0 saturated carbocycles. The maximum absolute atomic E-state index is 11.2. The molecule has 1 rings (SSSR count). The topological polar surface area (TPSA) is 86.2 Å². The van der Waals surface area contributed by atoms with Crippen LogP contribution in [0.3, 0.4) is 0 Å². The predicted octanol–water partition coefficient (Wildman–Crippen LogP) is 1.47. The Morgan fingerprint density at radius 1 is 1.00 bits per heavy atom. The smallest absolute Gasteiger partial charge is 0.244 e. The van der Waals surface area contributed by atoms with Crippen LogP contribution in [-0.2, 0) is 22.4 Å². The van der Waals surface area contributed by atoms with Crippen LogP contribution >= 0.6 is 0 Å². The lowest BCUT2D eigenvalue weighted by atomic mass is 9.90. The second-order valence-electron chi connectivity index (χ2n) is 4.93. The van der Waals surface area contributed by atoms with Crippen LogP contribution in [0.2, 0.25) is 0 Å². The number of nitrogens with two attached hydrogens (primary N) is 2. The molecule has 1 aromatic rings. The Labute approximate surface area is 119 Å². The molecule has 0 aromatic heterocycles. The molecule has 0 heterocycles. The Hall–Kier alpha value is -2.36. The van der Waals surface area contributed by atoms with Crippen LogP contribution in [0.4, 0.5) is 0 Å². The second-order valence-corrected chi connectivity index (χ2v) is 4.93. The van der Waals surface area contributed by atoms with Crippen LogP contribution in [0.1, 0.15) is 22.3 Å². The van der Waals surface area contributed by atoms with Gasteiger partial charge in [-0.2, -0.15) is 0 Å². The normalized spacial score (nSPS) is 10.1. The molecule has 1 aromatic carbocycles. The van der Waals surface area contributed by atoms with E-state index in [1.807, 2.05) is 26.0 Å². The second kappa shape index (κ2) is 6.19. The molecule has 4 nitrogen and oxygen atoms in total. The first-order chi connectivity index (χ1) is 9.23. The quantitative estimate of drug-likeness (QED) is 0.768. The number of carbonyl (C=O) groups excluding carboxylic acids is 2. The number of amides is 2. The van der Waals surface area contributed by atoms with E-state index in [1.165, 1.54) is 0 Å². The molecule has 4 heteroatoms. The van der Waals surface area contributed by atoms with Gasteiger partial charge in [0.2, 0.25) is 11.8 Å². The van der Waals surface area contributed by atoms with Crippen LogP contribution in [0.25, 0.3) is 0 Å². The van der Waals surface area contributed by atoms with E-state index in [2.05, 4.69) is 13.2 Å². The lowest BCUT2D eigenvalue weighted by molar-refractivity contribution is -0.115. The zero-order chi connectivity index (χ0) is 15.4. The van der Waals surface area contributed by atoms with E-state index in [-0.39, 0.29) is 0 Å². The van der Waals surface area contributed by atoms with Crippen molar-refractivity contribution in [1.82, 2.24) is 0 Å². The summed E-state index contributed by atoms with van der Waals surface area (Å²) in [6, 6.07) is 3.88. The third-order valence-corrected chi connectivity index (χ3v) is 3.46. The molecule has 0 aliphatic carbocycles. The van der Waals surface area contributed by atoms with Crippen molar-refractivity contribution in [2.75, 3.05) is 0 Å². The summed E-state index contributed by atoms with van der Waals surface area (Å²) in [7, 11) is 0. The summed E-state index contributed by atoms with van der Waals surface area (Å²) in [5.41, 5.74) is 15.2. The van der Waals surface area contributed by atoms with Crippen molar-refractivity contribution < 1.29 is 9.59 Å². The molecule has 106 valence electrons. The zero-order valence-corrected chi connectivity index (χ0v) is 12.0. The van der Waals surface area contributed by atoms with Crippen molar-refractivity contribution in [3.05, 3.63) is 58.7 Å². The Kier molecular flexibility index (Phi) is 4.86. The lowest BCUT2D eigenvalue weighted by Crippen LogP contribution is -2.18. The number of primary amides is 2. The average Bonchev–Trinajstić information content (AvgIpc) is 2.37. The van der Waals surface area contributed by atoms with Gasteiger partial charge in [-0.15, -0.1) is 0 Å². The average molecular weight is 272 g/mol. The number of carbonyl (C=O) groups is 2. The first-order valence-electron chi connectivity index (χ1n) is 6.27. The summed E-state index contributed by atoms with van der Waals surface area (Å²) < 4.78 is 0. The van der Waals surface area contributed by atoms with E-state index < -0.39 is 11.8 Å². The van der Waals surface area contributed by atoms with Gasteiger partial charge in [0.05, 0.1) is 0 Å². The van der Waals surface area contributed by atoms with Gasteiger partial charge in [-0.25, -0.2) is 0 Å². The fraction of sp³-hybridized carbons (Fsp3) is 0.250. The molecule has 0 radical (unpaired) electrons. The number of hydrogen-bond donors (Lipinski definition) is 2. The van der Waals surface area contributed by atoms with Gasteiger partial charge in [0.1, 0.15) is 0 Å². The highest BCUT2D eigenvalue weighted by atomic mass is 16.1. The molecule has 0 fully saturated rings. The van der Waals surface area contributed by atoms with E-state index >= 15 is 0 Å². The van der Waals surface area contributed by atoms with Crippen molar-refractivity contribution >= 4 is 11.8 Å². The van der Waals surface area contributed by atoms with Crippen molar-refractivity contribution in [3.8, 4) is 0 Å². The number of hydrogen-bond acceptors (Lipinski definition) is 2. The molecule has 20 heavy (non-hydrogen) atoms. The standard InChI is InChI=1S/C16H20N2O2/c1-9-5-6-13(7-10(2)15(17)19)14(12(9)4)8-11(3)16(18)20/h5-6H,2-3,7-8H2,1,4H3,(H2,17,19)(H2,18,20). The van der Waals surface area contributed by atoms with Gasteiger partial charge in [0.25, 0.3) is 0 Å². The molecular formula is C16H20N2O2. The largest absolute Gasteiger partial charge is 0.366 e. The van der Waals surface area contributed by atoms with Crippen molar-refractivity contribution in [1.29, 1.82) is 0 Å². The summed E-state index contributed by atoms with van der Waals surface area (Å²) in [6.07, 6.45) is 0.724. The summed E-state index contributed by atoms with van der Waals surface area (Å²) >= 11 is 0. The molecule has 4 N–H and O–H groups in total. The van der Waals surface area contributed by atoms with Gasteiger partial charge in [-0.05, 0) is 36.1 Å². The van der Waals surface area contributed by atoms with E-state index in [9.17, 15) is 9.59 Å². The maximum atomic E-state index is 11.2. The van der Waals surface area contributed by atoms with Crippen LogP contribution < -0.4 is 11.5 Å². The molecule has 0 atom stereocenters. The molecule has 0 saturated heterocycles. The first-order valence-corrected chi connectivity index (χ1v) is 6.27.